The van der Waals surface area contributed by atoms with Crippen molar-refractivity contribution in [2.75, 3.05) is 37.6 Å². The first-order valence-corrected chi connectivity index (χ1v) is 8.95. The van der Waals surface area contributed by atoms with Gasteiger partial charge in [-0.05, 0) is 13.0 Å². The van der Waals surface area contributed by atoms with Crippen molar-refractivity contribution < 1.29 is 4.79 Å². The van der Waals surface area contributed by atoms with Crippen molar-refractivity contribution in [3.05, 3.63) is 54.1 Å². The first-order valence-electron chi connectivity index (χ1n) is 8.95. The highest BCUT2D eigenvalue weighted by Crippen LogP contribution is 2.25. The predicted octanol–water partition coefficient (Wildman–Crippen LogP) is 2.28. The van der Waals surface area contributed by atoms with E-state index in [0.717, 1.165) is 54.2 Å². The number of ketones is 1. The molecule has 0 amide bonds. The third-order valence-electron chi connectivity index (χ3n) is 5.29. The first kappa shape index (κ1) is 16.7. The maximum atomic E-state index is 13.0. The number of carbonyl (C=O) groups excluding carboxylic acids is 1. The third kappa shape index (κ3) is 2.97. The van der Waals surface area contributed by atoms with Gasteiger partial charge in [-0.2, -0.15) is 0 Å². The van der Waals surface area contributed by atoms with E-state index in [4.69, 9.17) is 0 Å². The predicted molar refractivity (Wildman–Crippen MR) is 103 cm³/mol. The number of rotatable bonds is 4. The van der Waals surface area contributed by atoms with Gasteiger partial charge in [-0.1, -0.05) is 18.2 Å². The molecule has 0 saturated carbocycles. The molecule has 26 heavy (non-hydrogen) atoms. The van der Waals surface area contributed by atoms with Crippen LogP contribution in [-0.4, -0.2) is 57.9 Å². The largest absolute Gasteiger partial charge is 0.353 e. The van der Waals surface area contributed by atoms with Crippen LogP contribution in [0.2, 0.25) is 0 Å². The van der Waals surface area contributed by atoms with Crippen LogP contribution in [0.3, 0.4) is 0 Å². The molecule has 2 aromatic heterocycles. The van der Waals surface area contributed by atoms with E-state index in [1.807, 2.05) is 32.2 Å². The molecule has 0 atom stereocenters. The fraction of sp³-hybridized carbons (Fsp3) is 0.350. The van der Waals surface area contributed by atoms with Gasteiger partial charge in [0.25, 0.3) is 0 Å². The van der Waals surface area contributed by atoms with E-state index < -0.39 is 0 Å². The van der Waals surface area contributed by atoms with Gasteiger partial charge in [0.05, 0.1) is 12.7 Å². The van der Waals surface area contributed by atoms with Crippen LogP contribution in [0.15, 0.2) is 42.9 Å². The lowest BCUT2D eigenvalue weighted by Crippen LogP contribution is -2.48. The molecule has 1 aliphatic heterocycles. The number of fused-ring (bicyclic) bond motifs is 1. The molecule has 3 heterocycles. The van der Waals surface area contributed by atoms with E-state index in [9.17, 15) is 4.79 Å². The summed E-state index contributed by atoms with van der Waals surface area (Å²) in [5.74, 6) is 1.11. The molecule has 1 fully saturated rings. The summed E-state index contributed by atoms with van der Waals surface area (Å²) in [7, 11) is 2.02. The molecular weight excluding hydrogens is 326 g/mol. The van der Waals surface area contributed by atoms with Crippen molar-refractivity contribution in [3.63, 3.8) is 0 Å². The SMILES string of the molecule is Cc1c(C(=O)CN2CCN(c3cnccn3)CC2)c2ccccc2n1C. The Hall–Kier alpha value is -2.73. The van der Waals surface area contributed by atoms with Crippen molar-refractivity contribution in [2.45, 2.75) is 6.92 Å². The van der Waals surface area contributed by atoms with Crippen LogP contribution >= 0.6 is 0 Å². The van der Waals surface area contributed by atoms with Crippen LogP contribution < -0.4 is 4.90 Å². The van der Waals surface area contributed by atoms with Gasteiger partial charge in [-0.15, -0.1) is 0 Å². The molecular formula is C20H23N5O. The summed E-state index contributed by atoms with van der Waals surface area (Å²) in [6.07, 6.45) is 5.19. The molecule has 4 rings (SSSR count). The monoisotopic (exact) mass is 349 g/mol. The van der Waals surface area contributed by atoms with Crippen molar-refractivity contribution >= 4 is 22.5 Å². The van der Waals surface area contributed by atoms with E-state index in [2.05, 4.69) is 30.4 Å². The van der Waals surface area contributed by atoms with Gasteiger partial charge in [0, 0.05) is 67.8 Å². The highest BCUT2D eigenvalue weighted by Gasteiger charge is 2.23. The number of hydrogen-bond donors (Lipinski definition) is 0. The van der Waals surface area contributed by atoms with Crippen LogP contribution in [0.1, 0.15) is 16.1 Å². The smallest absolute Gasteiger partial charge is 0.179 e. The Morgan fingerprint density at radius 1 is 1.12 bits per heavy atom. The number of anilines is 1. The maximum absolute atomic E-state index is 13.0. The number of aromatic nitrogens is 3. The van der Waals surface area contributed by atoms with Crippen LogP contribution in [0.4, 0.5) is 5.82 Å². The fourth-order valence-electron chi connectivity index (χ4n) is 3.74. The Morgan fingerprint density at radius 2 is 1.88 bits per heavy atom. The minimum absolute atomic E-state index is 0.201. The molecule has 6 heteroatoms. The molecule has 3 aromatic rings. The van der Waals surface area contributed by atoms with Crippen LogP contribution in [0.5, 0.6) is 0 Å². The summed E-state index contributed by atoms with van der Waals surface area (Å²) in [5, 5.41) is 1.05. The summed E-state index contributed by atoms with van der Waals surface area (Å²) in [5.41, 5.74) is 3.01. The molecule has 0 radical (unpaired) electrons. The second kappa shape index (κ2) is 6.88. The lowest BCUT2D eigenvalue weighted by Gasteiger charge is -2.34. The van der Waals surface area contributed by atoms with E-state index in [-0.39, 0.29) is 5.78 Å². The fourth-order valence-corrected chi connectivity index (χ4v) is 3.74. The zero-order valence-corrected chi connectivity index (χ0v) is 15.2. The van der Waals surface area contributed by atoms with E-state index >= 15 is 0 Å². The first-order chi connectivity index (χ1) is 12.6. The summed E-state index contributed by atoms with van der Waals surface area (Å²) in [6.45, 7) is 5.92. The van der Waals surface area contributed by atoms with Crippen molar-refractivity contribution in [2.24, 2.45) is 7.05 Å². The minimum atomic E-state index is 0.201. The quantitative estimate of drug-likeness (QED) is 0.677. The van der Waals surface area contributed by atoms with Crippen molar-refractivity contribution in [1.82, 2.24) is 19.4 Å². The van der Waals surface area contributed by atoms with Gasteiger partial charge in [0.15, 0.2) is 5.78 Å². The maximum Gasteiger partial charge on any atom is 0.179 e. The molecule has 0 unspecified atom stereocenters. The topological polar surface area (TPSA) is 54.3 Å². The van der Waals surface area contributed by atoms with Crippen LogP contribution in [0.25, 0.3) is 10.9 Å². The van der Waals surface area contributed by atoms with Gasteiger partial charge in [-0.3, -0.25) is 14.7 Å². The second-order valence-electron chi connectivity index (χ2n) is 6.79. The van der Waals surface area contributed by atoms with E-state index in [0.29, 0.717) is 6.54 Å². The van der Waals surface area contributed by atoms with Gasteiger partial charge in [0.1, 0.15) is 5.82 Å². The zero-order valence-electron chi connectivity index (χ0n) is 15.2. The molecule has 1 saturated heterocycles. The van der Waals surface area contributed by atoms with Crippen LogP contribution in [-0.2, 0) is 7.05 Å². The molecule has 0 aliphatic carbocycles. The van der Waals surface area contributed by atoms with Crippen molar-refractivity contribution in [3.8, 4) is 0 Å². The third-order valence-corrected chi connectivity index (χ3v) is 5.29. The summed E-state index contributed by atoms with van der Waals surface area (Å²) in [6, 6.07) is 8.13. The number of benzene rings is 1. The molecule has 6 nitrogen and oxygen atoms in total. The summed E-state index contributed by atoms with van der Waals surface area (Å²) in [4.78, 5) is 26.0. The van der Waals surface area contributed by atoms with Gasteiger partial charge < -0.3 is 9.47 Å². The number of carbonyl (C=O) groups is 1. The lowest BCUT2D eigenvalue weighted by molar-refractivity contribution is 0.0927. The van der Waals surface area contributed by atoms with Gasteiger partial charge in [0.2, 0.25) is 0 Å². The Labute approximate surface area is 153 Å². The van der Waals surface area contributed by atoms with Crippen molar-refractivity contribution in [1.29, 1.82) is 0 Å². The average Bonchev–Trinajstić information content (AvgIpc) is 2.94. The Kier molecular flexibility index (Phi) is 4.42. The zero-order chi connectivity index (χ0) is 18.1. The molecule has 1 aliphatic rings. The Bertz CT molecular complexity index is 926. The number of piperazine rings is 1. The standard InChI is InChI=1S/C20H23N5O/c1-15-20(16-5-3-4-6-17(16)23(15)2)18(26)14-24-9-11-25(12-10-24)19-13-21-7-8-22-19/h3-8,13H,9-12,14H2,1-2H3. The number of nitrogens with zero attached hydrogens (tertiary/aromatic N) is 5. The summed E-state index contributed by atoms with van der Waals surface area (Å²) < 4.78 is 2.11. The van der Waals surface area contributed by atoms with Crippen LogP contribution in [0, 0.1) is 6.92 Å². The number of aryl methyl sites for hydroxylation is 1. The van der Waals surface area contributed by atoms with E-state index in [1.54, 1.807) is 18.6 Å². The normalized spacial score (nSPS) is 15.5. The Balaban J connectivity index is 1.46. The number of hydrogen-bond acceptors (Lipinski definition) is 5. The van der Waals surface area contributed by atoms with Gasteiger partial charge >= 0.3 is 0 Å². The summed E-state index contributed by atoms with van der Waals surface area (Å²) >= 11 is 0. The average molecular weight is 349 g/mol. The Morgan fingerprint density at radius 3 is 2.62 bits per heavy atom. The minimum Gasteiger partial charge on any atom is -0.353 e. The molecule has 134 valence electrons. The number of para-hydroxylation sites is 1. The number of Topliss-reactive ketones (excluding diaryl/α,β-unsaturated/α-hetero) is 1. The molecule has 0 bridgehead atoms. The second-order valence-corrected chi connectivity index (χ2v) is 6.79. The molecule has 1 aromatic carbocycles. The highest BCUT2D eigenvalue weighted by atomic mass is 16.1. The lowest BCUT2D eigenvalue weighted by atomic mass is 10.1. The van der Waals surface area contributed by atoms with E-state index in [1.165, 1.54) is 0 Å². The molecule has 0 spiro atoms. The van der Waals surface area contributed by atoms with Gasteiger partial charge in [-0.25, -0.2) is 4.98 Å². The molecule has 0 N–H and O–H groups in total. The highest BCUT2D eigenvalue weighted by molar-refractivity contribution is 6.10.